The van der Waals surface area contributed by atoms with Gasteiger partial charge in [-0.1, -0.05) is 23.7 Å². The number of carbonyl (C=O) groups is 1. The minimum Gasteiger partial charge on any atom is -0.357 e. The molecule has 2 aromatic heterocycles. The van der Waals surface area contributed by atoms with E-state index in [0.29, 0.717) is 6.42 Å². The van der Waals surface area contributed by atoms with Crippen molar-refractivity contribution in [3.63, 3.8) is 0 Å². The Bertz CT molecular complexity index is 959. The number of hydrogen-bond acceptors (Lipinski definition) is 3. The van der Waals surface area contributed by atoms with Crippen LogP contribution in [0.4, 0.5) is 0 Å². The molecule has 1 amide bonds. The van der Waals surface area contributed by atoms with E-state index in [-0.39, 0.29) is 11.9 Å². The largest absolute Gasteiger partial charge is 0.357 e. The van der Waals surface area contributed by atoms with E-state index < -0.39 is 0 Å². The summed E-state index contributed by atoms with van der Waals surface area (Å²) in [6, 6.07) is 6.15. The fourth-order valence-corrected chi connectivity index (χ4v) is 4.75. The van der Waals surface area contributed by atoms with Gasteiger partial charge in [0.25, 0.3) is 0 Å². The van der Waals surface area contributed by atoms with Crippen molar-refractivity contribution in [1.82, 2.24) is 15.3 Å². The molecule has 25 heavy (non-hydrogen) atoms. The van der Waals surface area contributed by atoms with Gasteiger partial charge in [0.1, 0.15) is 0 Å². The maximum atomic E-state index is 12.4. The van der Waals surface area contributed by atoms with Crippen molar-refractivity contribution in [2.45, 2.75) is 45.6 Å². The van der Waals surface area contributed by atoms with Gasteiger partial charge < -0.3 is 10.3 Å². The van der Waals surface area contributed by atoms with E-state index in [9.17, 15) is 4.79 Å². The van der Waals surface area contributed by atoms with E-state index in [0.717, 1.165) is 45.4 Å². The number of aromatic amines is 1. The molecule has 4 rings (SSSR count). The minimum absolute atomic E-state index is 0.0553. The van der Waals surface area contributed by atoms with Crippen LogP contribution in [0, 0.1) is 13.8 Å². The number of rotatable bonds is 3. The highest BCUT2D eigenvalue weighted by Gasteiger charge is 2.24. The Morgan fingerprint density at radius 2 is 2.28 bits per heavy atom. The lowest BCUT2D eigenvalue weighted by Gasteiger charge is -2.23. The van der Waals surface area contributed by atoms with E-state index in [1.165, 1.54) is 16.6 Å². The predicted octanol–water partition coefficient (Wildman–Crippen LogP) is 4.11. The van der Waals surface area contributed by atoms with Gasteiger partial charge >= 0.3 is 0 Å². The highest BCUT2D eigenvalue weighted by Crippen LogP contribution is 2.32. The van der Waals surface area contributed by atoms with Crippen molar-refractivity contribution in [3.8, 4) is 0 Å². The van der Waals surface area contributed by atoms with E-state index in [4.69, 9.17) is 11.6 Å². The van der Waals surface area contributed by atoms with Crippen molar-refractivity contribution in [3.05, 3.63) is 50.1 Å². The Morgan fingerprint density at radius 3 is 3.04 bits per heavy atom. The summed E-state index contributed by atoms with van der Waals surface area (Å²) in [7, 11) is 0. The third-order valence-corrected chi connectivity index (χ3v) is 6.11. The SMILES string of the molecule is Cc1nc(CC(=O)NC2CCc3[nH]c4c(Cl)cccc4c3C2)c(C)s1. The Balaban J connectivity index is 1.49. The molecule has 0 bridgehead atoms. The number of halogens is 1. The molecule has 0 fully saturated rings. The van der Waals surface area contributed by atoms with Gasteiger partial charge in [0.05, 0.1) is 27.7 Å². The predicted molar refractivity (Wildman–Crippen MR) is 103 cm³/mol. The van der Waals surface area contributed by atoms with Crippen molar-refractivity contribution < 1.29 is 4.79 Å². The molecule has 2 heterocycles. The second-order valence-electron chi connectivity index (χ2n) is 6.66. The third-order valence-electron chi connectivity index (χ3n) is 4.86. The Labute approximate surface area is 155 Å². The van der Waals surface area contributed by atoms with Crippen LogP contribution >= 0.6 is 22.9 Å². The van der Waals surface area contributed by atoms with Crippen molar-refractivity contribution in [1.29, 1.82) is 0 Å². The number of nitrogens with zero attached hydrogens (tertiary/aromatic N) is 1. The molecule has 1 aliphatic carbocycles. The zero-order valence-electron chi connectivity index (χ0n) is 14.3. The molecule has 2 N–H and O–H groups in total. The second-order valence-corrected chi connectivity index (χ2v) is 8.48. The molecule has 0 saturated carbocycles. The van der Waals surface area contributed by atoms with Gasteiger partial charge in [0, 0.05) is 22.0 Å². The Kier molecular flexibility index (Phi) is 4.29. The smallest absolute Gasteiger partial charge is 0.226 e. The molecule has 0 aliphatic heterocycles. The van der Waals surface area contributed by atoms with Gasteiger partial charge in [-0.15, -0.1) is 11.3 Å². The maximum Gasteiger partial charge on any atom is 0.226 e. The zero-order valence-corrected chi connectivity index (χ0v) is 15.9. The summed E-state index contributed by atoms with van der Waals surface area (Å²) in [5.41, 5.74) is 4.44. The molecule has 1 aliphatic rings. The molecule has 130 valence electrons. The van der Waals surface area contributed by atoms with E-state index in [2.05, 4.69) is 21.4 Å². The van der Waals surface area contributed by atoms with E-state index in [1.54, 1.807) is 11.3 Å². The first kappa shape index (κ1) is 16.6. The van der Waals surface area contributed by atoms with Gasteiger partial charge in [-0.2, -0.15) is 0 Å². The first-order valence-corrected chi connectivity index (χ1v) is 9.71. The van der Waals surface area contributed by atoms with Crippen LogP contribution < -0.4 is 5.32 Å². The Morgan fingerprint density at radius 1 is 1.44 bits per heavy atom. The number of carbonyl (C=O) groups excluding carboxylic acids is 1. The van der Waals surface area contributed by atoms with Crippen LogP contribution in [0.5, 0.6) is 0 Å². The normalized spacial score (nSPS) is 16.8. The molecule has 1 atom stereocenters. The van der Waals surface area contributed by atoms with Gasteiger partial charge in [-0.05, 0) is 44.7 Å². The molecular formula is C19H20ClN3OS. The quantitative estimate of drug-likeness (QED) is 0.725. The topological polar surface area (TPSA) is 57.8 Å². The zero-order chi connectivity index (χ0) is 17.6. The number of thiazole rings is 1. The lowest BCUT2D eigenvalue weighted by atomic mass is 9.91. The summed E-state index contributed by atoms with van der Waals surface area (Å²) in [6.45, 7) is 4.00. The molecule has 0 radical (unpaired) electrons. The number of hydrogen-bond donors (Lipinski definition) is 2. The van der Waals surface area contributed by atoms with E-state index >= 15 is 0 Å². The van der Waals surface area contributed by atoms with E-state index in [1.807, 2.05) is 26.0 Å². The molecule has 3 aromatic rings. The summed E-state index contributed by atoms with van der Waals surface area (Å²) in [5.74, 6) is 0.0553. The van der Waals surface area contributed by atoms with Crippen LogP contribution in [0.2, 0.25) is 5.02 Å². The third kappa shape index (κ3) is 3.18. The molecule has 1 unspecified atom stereocenters. The lowest BCUT2D eigenvalue weighted by molar-refractivity contribution is -0.121. The number of benzene rings is 1. The summed E-state index contributed by atoms with van der Waals surface area (Å²) in [5, 5.41) is 6.13. The highest BCUT2D eigenvalue weighted by molar-refractivity contribution is 7.11. The number of nitrogens with one attached hydrogen (secondary N) is 2. The van der Waals surface area contributed by atoms with Crippen molar-refractivity contribution in [2.75, 3.05) is 0 Å². The van der Waals surface area contributed by atoms with Crippen LogP contribution in [0.25, 0.3) is 10.9 Å². The second kappa shape index (κ2) is 6.46. The number of amides is 1. The molecule has 1 aromatic carbocycles. The summed E-state index contributed by atoms with van der Waals surface area (Å²) < 4.78 is 0. The number of aromatic nitrogens is 2. The van der Waals surface area contributed by atoms with Crippen LogP contribution in [0.3, 0.4) is 0 Å². The van der Waals surface area contributed by atoms with Crippen LogP contribution in [0.15, 0.2) is 18.2 Å². The fourth-order valence-electron chi connectivity index (χ4n) is 3.70. The van der Waals surface area contributed by atoms with Crippen LogP contribution in [0.1, 0.15) is 33.3 Å². The summed E-state index contributed by atoms with van der Waals surface area (Å²) >= 11 is 7.94. The fraction of sp³-hybridized carbons (Fsp3) is 0.368. The highest BCUT2D eigenvalue weighted by atomic mass is 35.5. The average Bonchev–Trinajstić information content (AvgIpc) is 3.08. The average molecular weight is 374 g/mol. The number of aryl methyl sites for hydroxylation is 3. The van der Waals surface area contributed by atoms with Gasteiger partial charge in [-0.25, -0.2) is 4.98 Å². The van der Waals surface area contributed by atoms with Crippen LogP contribution in [-0.4, -0.2) is 21.9 Å². The molecular weight excluding hydrogens is 354 g/mol. The molecule has 0 saturated heterocycles. The first-order chi connectivity index (χ1) is 12.0. The summed E-state index contributed by atoms with van der Waals surface area (Å²) in [4.78, 5) is 21.5. The number of H-pyrrole nitrogens is 1. The minimum atomic E-state index is 0.0553. The Hall–Kier alpha value is -1.85. The number of fused-ring (bicyclic) bond motifs is 3. The lowest BCUT2D eigenvalue weighted by Crippen LogP contribution is -2.39. The van der Waals surface area contributed by atoms with Crippen molar-refractivity contribution >= 4 is 39.7 Å². The van der Waals surface area contributed by atoms with Crippen LogP contribution in [-0.2, 0) is 24.1 Å². The molecule has 0 spiro atoms. The first-order valence-electron chi connectivity index (χ1n) is 8.51. The monoisotopic (exact) mass is 373 g/mol. The van der Waals surface area contributed by atoms with Gasteiger partial charge in [0.15, 0.2) is 0 Å². The maximum absolute atomic E-state index is 12.4. The molecule has 4 nitrogen and oxygen atoms in total. The van der Waals surface area contributed by atoms with Gasteiger partial charge in [-0.3, -0.25) is 4.79 Å². The number of para-hydroxylation sites is 1. The summed E-state index contributed by atoms with van der Waals surface area (Å²) in [6.07, 6.45) is 3.08. The van der Waals surface area contributed by atoms with Crippen molar-refractivity contribution in [2.24, 2.45) is 0 Å². The standard InChI is InChI=1S/C19H20ClN3OS/c1-10-17(21-11(2)25-10)9-18(24)22-12-6-7-16-14(8-12)13-4-3-5-15(20)19(13)23-16/h3-5,12,23H,6-9H2,1-2H3,(H,22,24). The van der Waals surface area contributed by atoms with Gasteiger partial charge in [0.2, 0.25) is 5.91 Å². The molecule has 6 heteroatoms.